The van der Waals surface area contributed by atoms with E-state index in [1.165, 1.54) is 24.3 Å². The molecule has 0 saturated carbocycles. The molecule has 0 aromatic heterocycles. The van der Waals surface area contributed by atoms with E-state index in [9.17, 15) is 9.18 Å². The van der Waals surface area contributed by atoms with Crippen LogP contribution >= 0.6 is 35.4 Å². The number of nitrogens with one attached hydrogen (secondary N) is 2. The van der Waals surface area contributed by atoms with Crippen LogP contribution < -0.4 is 10.6 Å². The number of halogens is 3. The first-order valence-electron chi connectivity index (χ1n) is 5.78. The first-order valence-corrected chi connectivity index (χ1v) is 6.95. The van der Waals surface area contributed by atoms with E-state index in [-0.39, 0.29) is 10.7 Å². The summed E-state index contributed by atoms with van der Waals surface area (Å²) in [4.78, 5) is 11.9. The van der Waals surface area contributed by atoms with Crippen LogP contribution in [-0.2, 0) is 0 Å². The Hall–Kier alpha value is -1.69. The van der Waals surface area contributed by atoms with Gasteiger partial charge in [-0.25, -0.2) is 4.39 Å². The number of rotatable bonds is 2. The molecule has 21 heavy (non-hydrogen) atoms. The van der Waals surface area contributed by atoms with Crippen molar-refractivity contribution in [2.45, 2.75) is 0 Å². The molecule has 2 N–H and O–H groups in total. The molecule has 0 aliphatic heterocycles. The second-order valence-electron chi connectivity index (χ2n) is 4.04. The predicted octanol–water partition coefficient (Wildman–Crippen LogP) is 4.26. The molecule has 0 aliphatic carbocycles. The molecular weight excluding hydrogens is 334 g/mol. The summed E-state index contributed by atoms with van der Waals surface area (Å²) in [5.74, 6) is -0.872. The van der Waals surface area contributed by atoms with Gasteiger partial charge in [0.2, 0.25) is 0 Å². The normalized spacial score (nSPS) is 10.0. The zero-order chi connectivity index (χ0) is 15.4. The van der Waals surface area contributed by atoms with Gasteiger partial charge in [0.15, 0.2) is 5.11 Å². The molecule has 0 aliphatic rings. The summed E-state index contributed by atoms with van der Waals surface area (Å²) in [7, 11) is 0. The van der Waals surface area contributed by atoms with Crippen LogP contribution in [0, 0.1) is 5.82 Å². The van der Waals surface area contributed by atoms with Crippen LogP contribution in [0.2, 0.25) is 10.0 Å². The first kappa shape index (κ1) is 15.7. The second kappa shape index (κ2) is 6.85. The molecule has 3 nitrogen and oxygen atoms in total. The van der Waals surface area contributed by atoms with E-state index in [1.54, 1.807) is 18.2 Å². The van der Waals surface area contributed by atoms with Crippen molar-refractivity contribution >= 4 is 52.1 Å². The van der Waals surface area contributed by atoms with Crippen molar-refractivity contribution in [2.24, 2.45) is 0 Å². The molecule has 2 aromatic carbocycles. The Morgan fingerprint density at radius 3 is 2.43 bits per heavy atom. The quantitative estimate of drug-likeness (QED) is 0.801. The fourth-order valence-corrected chi connectivity index (χ4v) is 2.06. The Kier molecular flexibility index (Phi) is 5.12. The minimum absolute atomic E-state index is 0.0634. The SMILES string of the molecule is O=C(NC(=S)Nc1cc(Cl)ccc1Cl)c1ccc(F)cc1. The van der Waals surface area contributed by atoms with E-state index in [1.807, 2.05) is 0 Å². The Labute approximate surface area is 136 Å². The third kappa shape index (κ3) is 4.39. The summed E-state index contributed by atoms with van der Waals surface area (Å²) in [6.45, 7) is 0. The number of thiocarbonyl (C=S) groups is 1. The lowest BCUT2D eigenvalue weighted by Crippen LogP contribution is -2.34. The molecule has 2 aromatic rings. The molecule has 0 bridgehead atoms. The maximum absolute atomic E-state index is 12.8. The summed E-state index contributed by atoms with van der Waals surface area (Å²) >= 11 is 16.9. The van der Waals surface area contributed by atoms with Gasteiger partial charge in [-0.15, -0.1) is 0 Å². The number of carbonyl (C=O) groups is 1. The van der Waals surface area contributed by atoms with Gasteiger partial charge in [-0.3, -0.25) is 10.1 Å². The number of hydrogen-bond donors (Lipinski definition) is 2. The van der Waals surface area contributed by atoms with E-state index < -0.39 is 11.7 Å². The van der Waals surface area contributed by atoms with Gasteiger partial charge in [-0.2, -0.15) is 0 Å². The molecule has 1 amide bonds. The average molecular weight is 343 g/mol. The van der Waals surface area contributed by atoms with E-state index in [2.05, 4.69) is 10.6 Å². The van der Waals surface area contributed by atoms with Crippen molar-refractivity contribution < 1.29 is 9.18 Å². The van der Waals surface area contributed by atoms with E-state index >= 15 is 0 Å². The number of benzene rings is 2. The highest BCUT2D eigenvalue weighted by atomic mass is 35.5. The Balaban J connectivity index is 2.03. The summed E-state index contributed by atoms with van der Waals surface area (Å²) in [5, 5.41) is 6.20. The van der Waals surface area contributed by atoms with Gasteiger partial charge in [-0.1, -0.05) is 23.2 Å². The molecule has 0 heterocycles. The average Bonchev–Trinajstić information content (AvgIpc) is 2.43. The largest absolute Gasteiger partial charge is 0.331 e. The molecule has 0 spiro atoms. The molecule has 0 saturated heterocycles. The van der Waals surface area contributed by atoms with Gasteiger partial charge < -0.3 is 5.32 Å². The van der Waals surface area contributed by atoms with Gasteiger partial charge in [0.25, 0.3) is 5.91 Å². The highest BCUT2D eigenvalue weighted by Gasteiger charge is 2.09. The Bertz CT molecular complexity index is 692. The molecular formula is C14H9Cl2FN2OS. The van der Waals surface area contributed by atoms with Crippen molar-refractivity contribution in [2.75, 3.05) is 5.32 Å². The van der Waals surface area contributed by atoms with E-state index in [0.29, 0.717) is 15.7 Å². The van der Waals surface area contributed by atoms with Crippen LogP contribution in [0.4, 0.5) is 10.1 Å². The molecule has 108 valence electrons. The number of hydrogen-bond acceptors (Lipinski definition) is 2. The molecule has 0 radical (unpaired) electrons. The smallest absolute Gasteiger partial charge is 0.257 e. The fraction of sp³-hybridized carbons (Fsp3) is 0. The zero-order valence-electron chi connectivity index (χ0n) is 10.5. The van der Waals surface area contributed by atoms with Crippen LogP contribution in [0.5, 0.6) is 0 Å². The summed E-state index contributed by atoms with van der Waals surface area (Å²) < 4.78 is 12.8. The molecule has 0 fully saturated rings. The van der Waals surface area contributed by atoms with Crippen LogP contribution in [0.15, 0.2) is 42.5 Å². The molecule has 2 rings (SSSR count). The Morgan fingerprint density at radius 1 is 1.10 bits per heavy atom. The zero-order valence-corrected chi connectivity index (χ0v) is 12.8. The third-order valence-electron chi connectivity index (χ3n) is 2.51. The van der Waals surface area contributed by atoms with Gasteiger partial charge in [0.1, 0.15) is 5.82 Å². The highest BCUT2D eigenvalue weighted by molar-refractivity contribution is 7.80. The molecule has 0 atom stereocenters. The van der Waals surface area contributed by atoms with Crippen LogP contribution in [0.3, 0.4) is 0 Å². The fourth-order valence-electron chi connectivity index (χ4n) is 1.52. The predicted molar refractivity (Wildman–Crippen MR) is 86.5 cm³/mol. The van der Waals surface area contributed by atoms with Crippen molar-refractivity contribution in [1.29, 1.82) is 0 Å². The van der Waals surface area contributed by atoms with Crippen molar-refractivity contribution in [1.82, 2.24) is 5.32 Å². The summed E-state index contributed by atoms with van der Waals surface area (Å²) in [5.41, 5.74) is 0.770. The lowest BCUT2D eigenvalue weighted by molar-refractivity contribution is 0.0977. The van der Waals surface area contributed by atoms with Gasteiger partial charge in [-0.05, 0) is 54.7 Å². The standard InChI is InChI=1S/C14H9Cl2FN2OS/c15-9-3-6-11(16)12(7-9)18-14(21)19-13(20)8-1-4-10(17)5-2-8/h1-7H,(H2,18,19,20,21). The van der Waals surface area contributed by atoms with Gasteiger partial charge >= 0.3 is 0 Å². The summed E-state index contributed by atoms with van der Waals surface area (Å²) in [6.07, 6.45) is 0. The van der Waals surface area contributed by atoms with Crippen molar-refractivity contribution in [3.05, 3.63) is 63.9 Å². The maximum atomic E-state index is 12.8. The minimum atomic E-state index is -0.453. The van der Waals surface area contributed by atoms with Crippen molar-refractivity contribution in [3.8, 4) is 0 Å². The number of carbonyl (C=O) groups excluding carboxylic acids is 1. The van der Waals surface area contributed by atoms with Gasteiger partial charge in [0.05, 0.1) is 10.7 Å². The maximum Gasteiger partial charge on any atom is 0.257 e. The molecule has 0 unspecified atom stereocenters. The van der Waals surface area contributed by atoms with Crippen LogP contribution in [-0.4, -0.2) is 11.0 Å². The highest BCUT2D eigenvalue weighted by Crippen LogP contribution is 2.25. The molecule has 7 heteroatoms. The minimum Gasteiger partial charge on any atom is -0.331 e. The monoisotopic (exact) mass is 342 g/mol. The van der Waals surface area contributed by atoms with E-state index in [4.69, 9.17) is 35.4 Å². The van der Waals surface area contributed by atoms with E-state index in [0.717, 1.165) is 0 Å². The summed E-state index contributed by atoms with van der Waals surface area (Å²) in [6, 6.07) is 9.93. The Morgan fingerprint density at radius 2 is 1.76 bits per heavy atom. The third-order valence-corrected chi connectivity index (χ3v) is 3.28. The first-order chi connectivity index (χ1) is 9.95. The van der Waals surface area contributed by atoms with Crippen LogP contribution in [0.25, 0.3) is 0 Å². The second-order valence-corrected chi connectivity index (χ2v) is 5.29. The van der Waals surface area contributed by atoms with Crippen LogP contribution in [0.1, 0.15) is 10.4 Å². The number of amides is 1. The van der Waals surface area contributed by atoms with Crippen molar-refractivity contribution in [3.63, 3.8) is 0 Å². The lowest BCUT2D eigenvalue weighted by Gasteiger charge is -2.11. The van der Waals surface area contributed by atoms with Gasteiger partial charge in [0, 0.05) is 10.6 Å². The topological polar surface area (TPSA) is 41.1 Å². The lowest BCUT2D eigenvalue weighted by atomic mass is 10.2. The number of anilines is 1.